The molecule has 9 nitrogen and oxygen atoms in total. The third-order valence-corrected chi connectivity index (χ3v) is 6.20. The molecule has 10 heteroatoms. The van der Waals surface area contributed by atoms with Crippen LogP contribution in [0.25, 0.3) is 0 Å². The molecule has 0 radical (unpaired) electrons. The Bertz CT molecular complexity index is 1160. The number of carbonyl (C=O) groups excluding carboxylic acids is 6. The molecule has 43 heavy (non-hydrogen) atoms. The molecule has 3 aromatic carbocycles. The molecule has 222 valence electrons. The summed E-state index contributed by atoms with van der Waals surface area (Å²) in [7, 11) is 0. The van der Waals surface area contributed by atoms with Gasteiger partial charge in [-0.3, -0.25) is 14.4 Å². The molecule has 0 aliphatic heterocycles. The summed E-state index contributed by atoms with van der Waals surface area (Å²) in [5.74, 6) is -8.15. The number of hydrogen-bond acceptors (Lipinski definition) is 9. The van der Waals surface area contributed by atoms with Gasteiger partial charge in [-0.1, -0.05) is 112 Å². The maximum atomic E-state index is 11.6. The summed E-state index contributed by atoms with van der Waals surface area (Å²) in [6, 6.07) is 25.2. The number of Topliss-reactive ketones (excluding diaryl/α,β-unsaturated/α-hetero) is 3. The summed E-state index contributed by atoms with van der Waals surface area (Å²) in [6.45, 7) is 4.96. The Labute approximate surface area is 269 Å². The van der Waals surface area contributed by atoms with E-state index in [1.54, 1.807) is 112 Å². The fourth-order valence-electron chi connectivity index (χ4n) is 3.79. The smallest absolute Gasteiger partial charge is 0.549 e. The largest absolute Gasteiger partial charge is 3.00 e. The van der Waals surface area contributed by atoms with Gasteiger partial charge in [0.15, 0.2) is 17.3 Å². The second-order valence-electron chi connectivity index (χ2n) is 9.03. The van der Waals surface area contributed by atoms with Crippen LogP contribution >= 0.6 is 0 Å². The molecule has 0 bridgehead atoms. The van der Waals surface area contributed by atoms with Crippen LogP contribution in [0, 0.1) is 17.8 Å². The van der Waals surface area contributed by atoms with E-state index in [0.717, 1.165) is 0 Å². The molecule has 3 aromatic rings. The molecular weight excluding hydrogens is 655 g/mol. The molecule has 0 aliphatic carbocycles. The average Bonchev–Trinajstić information content (AvgIpc) is 2.99. The van der Waals surface area contributed by atoms with Crippen molar-refractivity contribution in [1.82, 2.24) is 0 Å². The average molecular weight is 688 g/mol. The number of ketones is 3. The summed E-state index contributed by atoms with van der Waals surface area (Å²) < 4.78 is 0. The standard InChI is InChI=1S/3C11H12O3.In/c3*1-2-9(11(13)14)10(12)8-6-4-3-5-7-8;/h3*3-7,9H,2H2,1H3,(H,13,14);/q;;;+3/p-3. The van der Waals surface area contributed by atoms with Gasteiger partial charge < -0.3 is 29.7 Å². The van der Waals surface area contributed by atoms with E-state index in [2.05, 4.69) is 0 Å². The molecule has 0 spiro atoms. The Kier molecular flexibility index (Phi) is 18.8. The van der Waals surface area contributed by atoms with Crippen molar-refractivity contribution in [1.29, 1.82) is 0 Å². The van der Waals surface area contributed by atoms with Crippen LogP contribution in [0.1, 0.15) is 71.1 Å². The minimum Gasteiger partial charge on any atom is -0.549 e. The summed E-state index contributed by atoms with van der Waals surface area (Å²) in [5, 5.41) is 31.8. The maximum absolute atomic E-state index is 11.6. The first-order chi connectivity index (χ1) is 20.0. The number of carboxylic acid groups (broad SMARTS) is 3. The van der Waals surface area contributed by atoms with E-state index in [-0.39, 0.29) is 62.5 Å². The van der Waals surface area contributed by atoms with Gasteiger partial charge in [-0.15, -0.1) is 0 Å². The second kappa shape index (κ2) is 20.8. The predicted octanol–water partition coefficient (Wildman–Crippen LogP) is 1.56. The molecule has 0 N–H and O–H groups in total. The normalized spacial score (nSPS) is 11.8. The van der Waals surface area contributed by atoms with Crippen molar-refractivity contribution in [2.24, 2.45) is 17.8 Å². The van der Waals surface area contributed by atoms with Gasteiger partial charge in [0, 0.05) is 16.7 Å². The third kappa shape index (κ3) is 12.8. The Morgan fingerprint density at radius 3 is 0.767 bits per heavy atom. The van der Waals surface area contributed by atoms with Crippen molar-refractivity contribution in [3.05, 3.63) is 108 Å². The van der Waals surface area contributed by atoms with Crippen LogP contribution < -0.4 is 15.3 Å². The molecule has 0 saturated heterocycles. The van der Waals surface area contributed by atoms with Crippen LogP contribution in [0.5, 0.6) is 0 Å². The van der Waals surface area contributed by atoms with Crippen LogP contribution in [-0.4, -0.2) is 61.1 Å². The first-order valence-corrected chi connectivity index (χ1v) is 13.4. The molecular formula is C33H33InO9. The predicted molar refractivity (Wildman–Crippen MR) is 154 cm³/mol. The zero-order chi connectivity index (χ0) is 31.7. The van der Waals surface area contributed by atoms with Crippen molar-refractivity contribution < 1.29 is 44.1 Å². The molecule has 3 rings (SSSR count). The van der Waals surface area contributed by atoms with Crippen molar-refractivity contribution in [2.45, 2.75) is 40.0 Å². The minimum atomic E-state index is -1.30. The minimum absolute atomic E-state index is 0. The van der Waals surface area contributed by atoms with Crippen LogP contribution in [-0.2, 0) is 14.4 Å². The van der Waals surface area contributed by atoms with E-state index >= 15 is 0 Å². The van der Waals surface area contributed by atoms with E-state index in [1.165, 1.54) is 0 Å². The van der Waals surface area contributed by atoms with E-state index < -0.39 is 35.7 Å². The summed E-state index contributed by atoms with van der Waals surface area (Å²) in [6.07, 6.45) is 0.780. The molecule has 0 aromatic heterocycles. The third-order valence-electron chi connectivity index (χ3n) is 6.20. The number of carboxylic acids is 3. The van der Waals surface area contributed by atoms with E-state index in [4.69, 9.17) is 0 Å². The Morgan fingerprint density at radius 1 is 0.442 bits per heavy atom. The molecule has 0 saturated carbocycles. The summed E-state index contributed by atoms with van der Waals surface area (Å²) in [4.78, 5) is 66.6. The molecule has 3 unspecified atom stereocenters. The fraction of sp³-hybridized carbons (Fsp3) is 0.273. The van der Waals surface area contributed by atoms with Gasteiger partial charge in [0.2, 0.25) is 0 Å². The number of hydrogen-bond donors (Lipinski definition) is 0. The Morgan fingerprint density at radius 2 is 0.628 bits per heavy atom. The zero-order valence-corrected chi connectivity index (χ0v) is 27.6. The van der Waals surface area contributed by atoms with Gasteiger partial charge in [0.25, 0.3) is 0 Å². The van der Waals surface area contributed by atoms with Crippen LogP contribution in [0.3, 0.4) is 0 Å². The van der Waals surface area contributed by atoms with Crippen molar-refractivity contribution >= 4 is 61.1 Å². The van der Waals surface area contributed by atoms with Crippen LogP contribution in [0.2, 0.25) is 0 Å². The quantitative estimate of drug-likeness (QED) is 0.202. The van der Waals surface area contributed by atoms with Gasteiger partial charge in [-0.25, -0.2) is 0 Å². The number of rotatable bonds is 12. The van der Waals surface area contributed by atoms with Crippen LogP contribution in [0.15, 0.2) is 91.0 Å². The fourth-order valence-corrected chi connectivity index (χ4v) is 3.79. The topological polar surface area (TPSA) is 172 Å². The van der Waals surface area contributed by atoms with Gasteiger partial charge in [-0.2, -0.15) is 0 Å². The molecule has 3 atom stereocenters. The molecule has 0 aliphatic rings. The monoisotopic (exact) mass is 688 g/mol. The SMILES string of the molecule is CCC(C(=O)[O-])C(=O)c1ccccc1.CCC(C(=O)[O-])C(=O)c1ccccc1.CCC(C(=O)[O-])C(=O)c1ccccc1.[In+3]. The van der Waals surface area contributed by atoms with E-state index in [1.807, 2.05) is 0 Å². The van der Waals surface area contributed by atoms with Gasteiger partial charge >= 0.3 is 25.8 Å². The first kappa shape index (κ1) is 39.0. The van der Waals surface area contributed by atoms with Crippen molar-refractivity contribution in [2.75, 3.05) is 0 Å². The van der Waals surface area contributed by atoms with Gasteiger partial charge in [0.05, 0.1) is 35.7 Å². The van der Waals surface area contributed by atoms with Gasteiger partial charge in [0.1, 0.15) is 0 Å². The van der Waals surface area contributed by atoms with Crippen molar-refractivity contribution in [3.63, 3.8) is 0 Å². The number of aliphatic carboxylic acids is 3. The first-order valence-electron chi connectivity index (χ1n) is 13.4. The molecule has 0 amide bonds. The number of benzene rings is 3. The Hall–Kier alpha value is -4.05. The van der Waals surface area contributed by atoms with E-state index in [0.29, 0.717) is 16.7 Å². The maximum Gasteiger partial charge on any atom is 3.00 e. The second-order valence-corrected chi connectivity index (χ2v) is 9.03. The van der Waals surface area contributed by atoms with E-state index in [9.17, 15) is 44.1 Å². The van der Waals surface area contributed by atoms with Crippen LogP contribution in [0.4, 0.5) is 0 Å². The zero-order valence-electron chi connectivity index (χ0n) is 24.3. The molecule has 0 heterocycles. The van der Waals surface area contributed by atoms with Crippen molar-refractivity contribution in [3.8, 4) is 0 Å². The van der Waals surface area contributed by atoms with Gasteiger partial charge in [-0.05, 0) is 19.3 Å². The Balaban J connectivity index is 0.000000608. The molecule has 0 fully saturated rings. The summed E-state index contributed by atoms with van der Waals surface area (Å²) >= 11 is 0. The summed E-state index contributed by atoms with van der Waals surface area (Å²) in [5.41, 5.74) is 1.26. The number of carbonyl (C=O) groups is 6.